The Hall–Kier alpha value is -3.03. The normalized spacial score (nSPS) is 27.0. The summed E-state index contributed by atoms with van der Waals surface area (Å²) in [5, 5.41) is 12.6. The highest BCUT2D eigenvalue weighted by atomic mass is 19.4. The third-order valence-corrected chi connectivity index (χ3v) is 8.03. The van der Waals surface area contributed by atoms with Gasteiger partial charge in [0.15, 0.2) is 0 Å². The van der Waals surface area contributed by atoms with Gasteiger partial charge in [0.05, 0.1) is 24.2 Å². The quantitative estimate of drug-likeness (QED) is 0.284. The summed E-state index contributed by atoms with van der Waals surface area (Å²) in [5.74, 6) is 0.418. The second-order valence-corrected chi connectivity index (χ2v) is 9.89. The number of carbonyl (C=O) groups is 1. The number of halogens is 3. The molecule has 1 N–H and O–H groups in total. The molecule has 3 aliphatic heterocycles. The maximum Gasteiger partial charge on any atom is 0.416 e. The molecule has 2 aromatic carbocycles. The smallest absolute Gasteiger partial charge is 0.382 e. The molecule has 4 heterocycles. The average molecular weight is 482 g/mol. The summed E-state index contributed by atoms with van der Waals surface area (Å²) in [6, 6.07) is 13.7. The lowest BCUT2D eigenvalue weighted by atomic mass is 9.71. The van der Waals surface area contributed by atoms with Gasteiger partial charge in [0.1, 0.15) is 18.7 Å². The van der Waals surface area contributed by atoms with E-state index in [4.69, 9.17) is 0 Å². The number of aliphatic hydroxyl groups is 1. The number of Topliss-reactive ketones (excluding diaryl/α,β-unsaturated/α-hetero) is 1. The standard InChI is InChI=1S/C28H28F3N2O2/c1-2-18-16-33(17-26(34)19-7-9-21(10-8-19)28(29,30)31)14-12-20(18)15-25(33)27(35)23-11-13-32-24-6-4-3-5-22(23)24/h2-11,13,18,20,25,27,35H,1,12,14-17H2/q+1/t18-,20-,25-,27+,33-/m0/s1. The lowest BCUT2D eigenvalue weighted by Crippen LogP contribution is -2.69. The minimum Gasteiger partial charge on any atom is -0.382 e. The summed E-state index contributed by atoms with van der Waals surface area (Å²) < 4.78 is 39.3. The van der Waals surface area contributed by atoms with Crippen LogP contribution < -0.4 is 0 Å². The topological polar surface area (TPSA) is 50.2 Å². The van der Waals surface area contributed by atoms with E-state index in [9.17, 15) is 23.1 Å². The molecule has 2 bridgehead atoms. The number of alkyl halides is 3. The lowest BCUT2D eigenvalue weighted by Gasteiger charge is -2.57. The first-order chi connectivity index (χ1) is 16.7. The molecule has 7 heteroatoms. The van der Waals surface area contributed by atoms with Crippen LogP contribution in [-0.2, 0) is 6.18 Å². The van der Waals surface area contributed by atoms with Gasteiger partial charge in [0.2, 0.25) is 5.78 Å². The summed E-state index contributed by atoms with van der Waals surface area (Å²) in [5.41, 5.74) is 1.08. The zero-order valence-corrected chi connectivity index (χ0v) is 19.3. The Kier molecular flexibility index (Phi) is 6.01. The number of nitrogens with zero attached hydrogens (tertiary/aromatic N) is 2. The molecule has 0 aliphatic carbocycles. The van der Waals surface area contributed by atoms with Crippen LogP contribution in [0.2, 0.25) is 0 Å². The van der Waals surface area contributed by atoms with E-state index in [2.05, 4.69) is 11.6 Å². The van der Waals surface area contributed by atoms with Crippen molar-refractivity contribution in [3.63, 3.8) is 0 Å². The molecule has 0 saturated carbocycles. The van der Waals surface area contributed by atoms with Gasteiger partial charge >= 0.3 is 6.18 Å². The number of hydrogen-bond donors (Lipinski definition) is 1. The Labute approximate surface area is 202 Å². The number of quaternary nitrogens is 1. The molecule has 6 rings (SSSR count). The van der Waals surface area contributed by atoms with E-state index in [-0.39, 0.29) is 29.9 Å². The van der Waals surface area contributed by atoms with Gasteiger partial charge in [-0.05, 0) is 35.7 Å². The van der Waals surface area contributed by atoms with Gasteiger partial charge in [-0.3, -0.25) is 9.78 Å². The number of pyridine rings is 1. The Morgan fingerprint density at radius 3 is 2.63 bits per heavy atom. The molecule has 3 aliphatic rings. The van der Waals surface area contributed by atoms with E-state index in [0.29, 0.717) is 16.9 Å². The zero-order valence-electron chi connectivity index (χ0n) is 19.3. The van der Waals surface area contributed by atoms with Crippen LogP contribution in [0.5, 0.6) is 0 Å². The third kappa shape index (κ3) is 4.28. The molecule has 0 amide bonds. The Bertz CT molecular complexity index is 1250. The molecule has 3 saturated heterocycles. The van der Waals surface area contributed by atoms with Crippen LogP contribution in [0.1, 0.15) is 40.4 Å². The molecule has 182 valence electrons. The van der Waals surface area contributed by atoms with Gasteiger partial charge < -0.3 is 9.59 Å². The van der Waals surface area contributed by atoms with E-state index >= 15 is 0 Å². The average Bonchev–Trinajstić information content (AvgIpc) is 2.87. The summed E-state index contributed by atoms with van der Waals surface area (Å²) >= 11 is 0. The van der Waals surface area contributed by atoms with Crippen molar-refractivity contribution in [2.24, 2.45) is 11.8 Å². The first kappa shape index (κ1) is 23.7. The summed E-state index contributed by atoms with van der Waals surface area (Å²) in [7, 11) is 0. The van der Waals surface area contributed by atoms with Gasteiger partial charge in [0, 0.05) is 35.9 Å². The van der Waals surface area contributed by atoms with E-state index < -0.39 is 17.8 Å². The van der Waals surface area contributed by atoms with Crippen LogP contribution in [0.15, 0.2) is 73.4 Å². The number of fused-ring (bicyclic) bond motifs is 4. The summed E-state index contributed by atoms with van der Waals surface area (Å²) in [6.07, 6.45) is 0.0896. The Balaban J connectivity index is 1.48. The molecule has 1 aromatic heterocycles. The Morgan fingerprint density at radius 2 is 1.91 bits per heavy atom. The van der Waals surface area contributed by atoms with Crippen molar-refractivity contribution in [2.75, 3.05) is 19.6 Å². The minimum absolute atomic E-state index is 0.132. The first-order valence-corrected chi connectivity index (χ1v) is 11.9. The largest absolute Gasteiger partial charge is 0.416 e. The number of hydrogen-bond acceptors (Lipinski definition) is 3. The van der Waals surface area contributed by atoms with E-state index in [1.54, 1.807) is 6.20 Å². The van der Waals surface area contributed by atoms with Crippen molar-refractivity contribution in [1.29, 1.82) is 0 Å². The van der Waals surface area contributed by atoms with E-state index in [0.717, 1.165) is 48.0 Å². The van der Waals surface area contributed by atoms with Gasteiger partial charge in [-0.1, -0.05) is 36.4 Å². The number of para-hydroxylation sites is 1. The van der Waals surface area contributed by atoms with Crippen molar-refractivity contribution in [2.45, 2.75) is 31.2 Å². The van der Waals surface area contributed by atoms with Gasteiger partial charge in [-0.2, -0.15) is 13.2 Å². The SMILES string of the molecule is C=C[C@H]1C[N@+]2(CC(=O)c3ccc(C(F)(F)F)cc3)CC[C@H]1C[C@H]2[C@H](O)c1ccnc2ccccc12. The fourth-order valence-corrected chi connectivity index (χ4v) is 6.19. The summed E-state index contributed by atoms with van der Waals surface area (Å²) in [6.45, 7) is 5.56. The Morgan fingerprint density at radius 1 is 1.17 bits per heavy atom. The molecule has 3 aromatic rings. The van der Waals surface area contributed by atoms with Gasteiger partial charge in [-0.15, -0.1) is 6.58 Å². The zero-order chi connectivity index (χ0) is 24.8. The fraction of sp³-hybridized carbons (Fsp3) is 0.357. The molecule has 35 heavy (non-hydrogen) atoms. The van der Waals surface area contributed by atoms with Crippen molar-refractivity contribution in [3.05, 3.63) is 90.1 Å². The number of ketones is 1. The number of rotatable bonds is 6. The summed E-state index contributed by atoms with van der Waals surface area (Å²) in [4.78, 5) is 17.8. The van der Waals surface area contributed by atoms with E-state index in [1.807, 2.05) is 36.4 Å². The van der Waals surface area contributed by atoms with Crippen LogP contribution in [0.25, 0.3) is 10.9 Å². The number of piperidine rings is 3. The van der Waals surface area contributed by atoms with E-state index in [1.165, 1.54) is 12.1 Å². The predicted octanol–water partition coefficient (Wildman–Crippen LogP) is 5.58. The van der Waals surface area contributed by atoms with Crippen LogP contribution >= 0.6 is 0 Å². The molecule has 0 spiro atoms. The first-order valence-electron chi connectivity index (χ1n) is 11.9. The molecular formula is C28H28F3N2O2+. The number of carbonyl (C=O) groups excluding carboxylic acids is 1. The molecule has 3 fully saturated rings. The molecule has 5 atom stereocenters. The molecular weight excluding hydrogens is 453 g/mol. The third-order valence-electron chi connectivity index (χ3n) is 8.03. The van der Waals surface area contributed by atoms with Crippen LogP contribution in [0.3, 0.4) is 0 Å². The second-order valence-electron chi connectivity index (χ2n) is 9.89. The molecule has 0 radical (unpaired) electrons. The molecule has 0 unspecified atom stereocenters. The maximum atomic E-state index is 13.4. The fourth-order valence-electron chi connectivity index (χ4n) is 6.19. The maximum absolute atomic E-state index is 13.4. The predicted molar refractivity (Wildman–Crippen MR) is 128 cm³/mol. The highest BCUT2D eigenvalue weighted by Crippen LogP contribution is 2.47. The van der Waals surface area contributed by atoms with Crippen LogP contribution in [0, 0.1) is 11.8 Å². The second kappa shape index (κ2) is 8.88. The number of benzene rings is 2. The van der Waals surface area contributed by atoms with Gasteiger partial charge in [-0.25, -0.2) is 0 Å². The van der Waals surface area contributed by atoms with Crippen molar-refractivity contribution < 1.29 is 27.6 Å². The number of aliphatic hydroxyl groups excluding tert-OH is 1. The van der Waals surface area contributed by atoms with Crippen molar-refractivity contribution >= 4 is 16.7 Å². The molecule has 4 nitrogen and oxygen atoms in total. The monoisotopic (exact) mass is 481 g/mol. The van der Waals surface area contributed by atoms with Crippen LogP contribution in [0.4, 0.5) is 13.2 Å². The number of aromatic nitrogens is 1. The minimum atomic E-state index is -4.45. The highest BCUT2D eigenvalue weighted by molar-refractivity contribution is 5.97. The highest BCUT2D eigenvalue weighted by Gasteiger charge is 2.54. The van der Waals surface area contributed by atoms with Crippen LogP contribution in [-0.4, -0.2) is 46.0 Å². The van der Waals surface area contributed by atoms with Gasteiger partial charge in [0.25, 0.3) is 0 Å². The van der Waals surface area contributed by atoms with Crippen molar-refractivity contribution in [1.82, 2.24) is 4.98 Å². The lowest BCUT2D eigenvalue weighted by molar-refractivity contribution is -0.966. The van der Waals surface area contributed by atoms with Crippen molar-refractivity contribution in [3.8, 4) is 0 Å².